The summed E-state index contributed by atoms with van der Waals surface area (Å²) < 4.78 is 5.69. The second-order valence-electron chi connectivity index (χ2n) is 6.42. The Morgan fingerprint density at radius 3 is 2.71 bits per heavy atom. The highest BCUT2D eigenvalue weighted by atomic mass is 16.5. The normalized spacial score (nSPS) is 15.9. The van der Waals surface area contributed by atoms with Gasteiger partial charge in [0.25, 0.3) is 5.91 Å². The first-order valence-corrected chi connectivity index (χ1v) is 7.57. The molecule has 0 spiro atoms. The minimum atomic E-state index is -0.133. The molecule has 2 N–H and O–H groups in total. The van der Waals surface area contributed by atoms with Crippen molar-refractivity contribution in [2.45, 2.75) is 39.5 Å². The van der Waals surface area contributed by atoms with Crippen molar-refractivity contribution in [2.75, 3.05) is 19.8 Å². The number of benzene rings is 1. The number of carbonyl (C=O) groups excluding carboxylic acids is 1. The number of hydrogen-bond acceptors (Lipinski definition) is 3. The van der Waals surface area contributed by atoms with Crippen LogP contribution in [-0.4, -0.2) is 30.8 Å². The number of rotatable bonds is 7. The molecule has 1 aliphatic carbocycles. The van der Waals surface area contributed by atoms with Gasteiger partial charge in [-0.2, -0.15) is 0 Å². The lowest BCUT2D eigenvalue weighted by molar-refractivity contribution is -0.123. The molecule has 2 rings (SSSR count). The van der Waals surface area contributed by atoms with E-state index in [1.54, 1.807) is 0 Å². The van der Waals surface area contributed by atoms with E-state index in [1.165, 1.54) is 0 Å². The molecule has 0 heterocycles. The summed E-state index contributed by atoms with van der Waals surface area (Å²) in [6.45, 7) is 6.92. The monoisotopic (exact) mass is 291 g/mol. The fraction of sp³-hybridized carbons (Fsp3) is 0.588. The van der Waals surface area contributed by atoms with Crippen LogP contribution in [0.2, 0.25) is 0 Å². The van der Waals surface area contributed by atoms with Gasteiger partial charge in [-0.05, 0) is 42.9 Å². The van der Waals surface area contributed by atoms with Crippen molar-refractivity contribution < 1.29 is 14.6 Å². The van der Waals surface area contributed by atoms with Crippen LogP contribution in [0.5, 0.6) is 5.75 Å². The standard InChI is InChI=1S/C17H25NO3/c1-12(2)14-5-4-13(3)8-15(14)21-9-16(20)18-10-17(11-19)6-7-17/h4-5,8,12,19H,6-7,9-11H2,1-3H3,(H,18,20). The third-order valence-electron chi connectivity index (χ3n) is 4.10. The minimum Gasteiger partial charge on any atom is -0.483 e. The number of ether oxygens (including phenoxy) is 1. The molecule has 4 nitrogen and oxygen atoms in total. The van der Waals surface area contributed by atoms with Crippen molar-refractivity contribution in [1.82, 2.24) is 5.32 Å². The third kappa shape index (κ3) is 4.21. The predicted octanol–water partition coefficient (Wildman–Crippen LogP) is 2.39. The number of aryl methyl sites for hydroxylation is 1. The number of aliphatic hydroxyl groups excluding tert-OH is 1. The lowest BCUT2D eigenvalue weighted by Crippen LogP contribution is -2.35. The van der Waals surface area contributed by atoms with E-state index < -0.39 is 0 Å². The van der Waals surface area contributed by atoms with E-state index in [-0.39, 0.29) is 24.5 Å². The Morgan fingerprint density at radius 1 is 1.43 bits per heavy atom. The summed E-state index contributed by atoms with van der Waals surface area (Å²) in [6.07, 6.45) is 1.97. The first-order chi connectivity index (χ1) is 9.96. The van der Waals surface area contributed by atoms with Crippen LogP contribution in [0.3, 0.4) is 0 Å². The Bertz CT molecular complexity index is 507. The van der Waals surface area contributed by atoms with Gasteiger partial charge in [0.2, 0.25) is 0 Å². The van der Waals surface area contributed by atoms with Gasteiger partial charge in [-0.3, -0.25) is 4.79 Å². The first kappa shape index (κ1) is 15.8. The van der Waals surface area contributed by atoms with Gasteiger partial charge in [-0.1, -0.05) is 26.0 Å². The molecule has 1 aromatic rings. The highest BCUT2D eigenvalue weighted by Crippen LogP contribution is 2.44. The summed E-state index contributed by atoms with van der Waals surface area (Å²) in [4.78, 5) is 11.9. The molecule has 116 valence electrons. The van der Waals surface area contributed by atoms with Crippen LogP contribution in [0.4, 0.5) is 0 Å². The van der Waals surface area contributed by atoms with Crippen LogP contribution in [0.1, 0.15) is 43.7 Å². The summed E-state index contributed by atoms with van der Waals surface area (Å²) in [5, 5.41) is 12.1. The molecule has 4 heteroatoms. The van der Waals surface area contributed by atoms with E-state index in [0.29, 0.717) is 12.5 Å². The number of amides is 1. The molecule has 1 amide bonds. The molecule has 0 unspecified atom stereocenters. The highest BCUT2D eigenvalue weighted by Gasteiger charge is 2.42. The fourth-order valence-electron chi connectivity index (χ4n) is 2.29. The molecule has 0 saturated heterocycles. The van der Waals surface area contributed by atoms with Gasteiger partial charge >= 0.3 is 0 Å². The minimum absolute atomic E-state index is 0.0185. The second-order valence-corrected chi connectivity index (χ2v) is 6.42. The van der Waals surface area contributed by atoms with Crippen molar-refractivity contribution in [3.8, 4) is 5.75 Å². The van der Waals surface area contributed by atoms with Crippen LogP contribution in [0.15, 0.2) is 18.2 Å². The van der Waals surface area contributed by atoms with E-state index in [0.717, 1.165) is 29.7 Å². The molecule has 0 atom stereocenters. The Kier molecular flexibility index (Phi) is 4.88. The maximum atomic E-state index is 11.9. The Morgan fingerprint density at radius 2 is 2.14 bits per heavy atom. The summed E-state index contributed by atoms with van der Waals surface area (Å²) in [5.41, 5.74) is 2.16. The van der Waals surface area contributed by atoms with Crippen molar-refractivity contribution in [3.63, 3.8) is 0 Å². The molecule has 0 bridgehead atoms. The van der Waals surface area contributed by atoms with Gasteiger partial charge in [0.15, 0.2) is 6.61 Å². The van der Waals surface area contributed by atoms with Gasteiger partial charge in [0.05, 0.1) is 6.61 Å². The SMILES string of the molecule is Cc1ccc(C(C)C)c(OCC(=O)NCC2(CO)CC2)c1. The number of nitrogens with one attached hydrogen (secondary N) is 1. The van der Waals surface area contributed by atoms with Crippen molar-refractivity contribution in [2.24, 2.45) is 5.41 Å². The molecular weight excluding hydrogens is 266 g/mol. The number of carbonyl (C=O) groups is 1. The average Bonchev–Trinajstić information content (AvgIpc) is 3.23. The zero-order valence-corrected chi connectivity index (χ0v) is 13.1. The quantitative estimate of drug-likeness (QED) is 0.811. The van der Waals surface area contributed by atoms with Crippen molar-refractivity contribution in [3.05, 3.63) is 29.3 Å². The summed E-state index contributed by atoms with van der Waals surface area (Å²) in [6, 6.07) is 6.08. The van der Waals surface area contributed by atoms with E-state index >= 15 is 0 Å². The molecular formula is C17H25NO3. The molecule has 0 radical (unpaired) electrons. The Labute approximate surface area is 126 Å². The second kappa shape index (κ2) is 6.48. The molecule has 0 aromatic heterocycles. The highest BCUT2D eigenvalue weighted by molar-refractivity contribution is 5.77. The van der Waals surface area contributed by atoms with E-state index in [1.807, 2.05) is 13.0 Å². The lowest BCUT2D eigenvalue weighted by Gasteiger charge is -2.16. The summed E-state index contributed by atoms with van der Waals surface area (Å²) in [5.74, 6) is 1.00. The van der Waals surface area contributed by atoms with Crippen molar-refractivity contribution >= 4 is 5.91 Å². The smallest absolute Gasteiger partial charge is 0.257 e. The predicted molar refractivity (Wildman–Crippen MR) is 82.5 cm³/mol. The van der Waals surface area contributed by atoms with Crippen LogP contribution in [0, 0.1) is 12.3 Å². The molecule has 21 heavy (non-hydrogen) atoms. The molecule has 1 saturated carbocycles. The van der Waals surface area contributed by atoms with Crippen LogP contribution < -0.4 is 10.1 Å². The Hall–Kier alpha value is -1.55. The number of aliphatic hydroxyl groups is 1. The first-order valence-electron chi connectivity index (χ1n) is 7.57. The van der Waals surface area contributed by atoms with Crippen LogP contribution >= 0.6 is 0 Å². The lowest BCUT2D eigenvalue weighted by atomic mass is 10.0. The third-order valence-corrected chi connectivity index (χ3v) is 4.10. The molecule has 1 aromatic carbocycles. The van der Waals surface area contributed by atoms with Gasteiger partial charge in [-0.15, -0.1) is 0 Å². The number of hydrogen-bond donors (Lipinski definition) is 2. The van der Waals surface area contributed by atoms with E-state index in [4.69, 9.17) is 4.74 Å². The van der Waals surface area contributed by atoms with Crippen LogP contribution in [-0.2, 0) is 4.79 Å². The largest absolute Gasteiger partial charge is 0.483 e. The summed E-state index contributed by atoms with van der Waals surface area (Å²) in [7, 11) is 0. The van der Waals surface area contributed by atoms with E-state index in [9.17, 15) is 9.90 Å². The maximum Gasteiger partial charge on any atom is 0.257 e. The van der Waals surface area contributed by atoms with Crippen LogP contribution in [0.25, 0.3) is 0 Å². The molecule has 1 fully saturated rings. The van der Waals surface area contributed by atoms with Gasteiger partial charge in [0.1, 0.15) is 5.75 Å². The Balaban J connectivity index is 1.87. The molecule has 1 aliphatic rings. The van der Waals surface area contributed by atoms with E-state index in [2.05, 4.69) is 31.3 Å². The van der Waals surface area contributed by atoms with Gasteiger partial charge in [0, 0.05) is 12.0 Å². The fourth-order valence-corrected chi connectivity index (χ4v) is 2.29. The van der Waals surface area contributed by atoms with Crippen molar-refractivity contribution in [1.29, 1.82) is 0 Å². The zero-order chi connectivity index (χ0) is 15.5. The molecule has 0 aliphatic heterocycles. The average molecular weight is 291 g/mol. The maximum absolute atomic E-state index is 11.9. The van der Waals surface area contributed by atoms with Gasteiger partial charge in [-0.25, -0.2) is 0 Å². The van der Waals surface area contributed by atoms with Gasteiger partial charge < -0.3 is 15.2 Å². The zero-order valence-electron chi connectivity index (χ0n) is 13.1. The topological polar surface area (TPSA) is 58.6 Å². The summed E-state index contributed by atoms with van der Waals surface area (Å²) >= 11 is 0.